The van der Waals surface area contributed by atoms with Crippen molar-refractivity contribution in [3.8, 4) is 11.1 Å². The van der Waals surface area contributed by atoms with E-state index in [9.17, 15) is 0 Å². The van der Waals surface area contributed by atoms with Crippen LogP contribution in [-0.2, 0) is 92.1 Å². The van der Waals surface area contributed by atoms with Crippen LogP contribution in [0.2, 0.25) is 0 Å². The number of rotatable bonds is 9. The third-order valence-corrected chi connectivity index (χ3v) is 41.1. The molecule has 2 aromatic heterocycles. The van der Waals surface area contributed by atoms with Crippen molar-refractivity contribution in [2.75, 3.05) is 19.6 Å². The van der Waals surface area contributed by atoms with Gasteiger partial charge in [0.15, 0.2) is 0 Å². The second-order valence-corrected chi connectivity index (χ2v) is 58.4. The van der Waals surface area contributed by atoms with Gasteiger partial charge in [-0.15, -0.1) is 0 Å². The highest BCUT2D eigenvalue weighted by molar-refractivity contribution is 7.00. The molecule has 0 N–H and O–H groups in total. The van der Waals surface area contributed by atoms with E-state index in [0.29, 0.717) is 0 Å². The Labute approximate surface area is 844 Å². The summed E-state index contributed by atoms with van der Waals surface area (Å²) in [4.78, 5) is 11.4. The molecule has 8 aliphatic carbocycles. The molecule has 730 valence electrons. The first-order valence-electron chi connectivity index (χ1n) is 54.9. The summed E-state index contributed by atoms with van der Waals surface area (Å²) in [5, 5.41) is 0. The molecule has 1 atom stereocenters. The van der Waals surface area contributed by atoms with Crippen LogP contribution < -0.4 is 52.8 Å². The molecule has 0 radical (unpaired) electrons. The fraction of sp³-hybridized carbons (Fsp3) is 0.530. The first-order chi connectivity index (χ1) is 65.0. The van der Waals surface area contributed by atoms with E-state index in [0.717, 1.165) is 127 Å². The van der Waals surface area contributed by atoms with Crippen molar-refractivity contribution < 1.29 is 8.83 Å². The largest absolute Gasteiger partial charge is 0.472 e. The van der Waals surface area contributed by atoms with Crippen LogP contribution in [0.5, 0.6) is 0 Å². The van der Waals surface area contributed by atoms with Crippen molar-refractivity contribution in [2.45, 2.75) is 450 Å². The predicted octanol–water partition coefficient (Wildman–Crippen LogP) is 32.9. The summed E-state index contributed by atoms with van der Waals surface area (Å²) < 4.78 is 16.7. The Morgan fingerprint density at radius 1 is 0.271 bits per heavy atom. The molecule has 12 aliphatic rings. The SMILES string of the molecule is Cc1cc2c(cc1N1c3cc4c(cc3B3c5oc6c(c5N(c5ccc7c(c5C)C(C)(C)CCC7(C)C)c5cc(C(C)(C)CCC7(C)CCC(C)(C)c8cc9c(cc87)B7c8oc%10c(c8N(c8ccc%11c(c8)C(C)(C)CCC%11(C)C)c8cc(-c%11ccccc%11)cc(c87)N9c7ccc8c(c7)C(C)(C)CCC8(C)C)C(C)(C)CCC%10(C)C)cc1c53)C(C)(C)CCC6(C)C)C(C)(C)CCC4(C)C)C(C)(C)CCC2(C)C. The summed E-state index contributed by atoms with van der Waals surface area (Å²) in [5.74, 6) is 2.35. The number of fused-ring (bicyclic) bond motifs is 18. The van der Waals surface area contributed by atoms with Gasteiger partial charge in [0.25, 0.3) is 13.4 Å². The molecule has 6 nitrogen and oxygen atoms in total. The van der Waals surface area contributed by atoms with E-state index in [-0.39, 0.29) is 105 Å². The van der Waals surface area contributed by atoms with Gasteiger partial charge in [-0.05, 0) is 400 Å². The fourth-order valence-corrected chi connectivity index (χ4v) is 30.5. The molecular formula is C132H164B2N4O2. The molecule has 11 aromatic rings. The number of aryl methyl sites for hydroxylation is 1. The van der Waals surface area contributed by atoms with Gasteiger partial charge in [-0.25, -0.2) is 0 Å². The molecule has 8 heteroatoms. The average Bonchev–Trinajstić information content (AvgIpc) is 1.46. The zero-order chi connectivity index (χ0) is 99.9. The standard InChI is InChI=1S/C132H164B2N4O2/c1-77-65-87-91(124(19,20)53-51-120(87,11)12)74-98(77)137-100-75-92-90(123(17,18)52-54-125(92,21)22)72-95(100)133-109-103(137)68-81(69-104(109)138(111-107-113(140-115(111)133)131(33,34)60-58-129(107,29)30)97-46-45-86-105(78(97)2)127(25,26)56-55-119(86,9)10)116(3,4)61-63-132(35)64-62-126(23,24)93-76-99-96(73-94(93)132)134-108-101(135(99)82-41-43-84-88(70-82)121(13,14)49-47-117(84,5)6)66-80(79-39-37-36-38-40-79)67-102(108)136(83-42-44-85-89(71-83)122(15,16)50-48-118(85,7)8)110-106-112(139-114(110)134)130(31,32)59-57-128(106,27)28/h36-46,65-76H,47-64H2,1-35H3. The number of anilines is 12. The Morgan fingerprint density at radius 3 is 1.09 bits per heavy atom. The molecule has 6 heterocycles. The maximum atomic E-state index is 8.37. The molecule has 140 heavy (non-hydrogen) atoms. The van der Waals surface area contributed by atoms with E-state index in [2.05, 4.69) is 401 Å². The first kappa shape index (κ1) is 94.5. The second-order valence-electron chi connectivity index (χ2n) is 58.4. The van der Waals surface area contributed by atoms with Crippen molar-refractivity contribution >= 4 is 115 Å². The monoisotopic (exact) mass is 1860 g/mol. The zero-order valence-corrected chi connectivity index (χ0v) is 92.8. The van der Waals surface area contributed by atoms with Gasteiger partial charge in [0.2, 0.25) is 0 Å². The molecule has 1 unspecified atom stereocenters. The Balaban J connectivity index is 0.775. The van der Waals surface area contributed by atoms with Crippen LogP contribution >= 0.6 is 0 Å². The topological polar surface area (TPSA) is 39.2 Å². The molecule has 0 spiro atoms. The van der Waals surface area contributed by atoms with Crippen molar-refractivity contribution in [2.24, 2.45) is 0 Å². The van der Waals surface area contributed by atoms with Crippen LogP contribution in [0.1, 0.15) is 450 Å². The van der Waals surface area contributed by atoms with E-state index in [1.807, 2.05) is 0 Å². The van der Waals surface area contributed by atoms with Crippen LogP contribution in [0.15, 0.2) is 148 Å². The molecule has 0 saturated heterocycles. The number of hydrogen-bond acceptors (Lipinski definition) is 6. The summed E-state index contributed by atoms with van der Waals surface area (Å²) >= 11 is 0. The minimum absolute atomic E-state index is 0.0241. The number of nitrogens with zero attached hydrogens (tertiary/aromatic N) is 4. The molecule has 0 fully saturated rings. The van der Waals surface area contributed by atoms with Gasteiger partial charge in [-0.3, -0.25) is 0 Å². The van der Waals surface area contributed by atoms with Crippen molar-refractivity contribution in [3.63, 3.8) is 0 Å². The lowest BCUT2D eigenvalue weighted by Crippen LogP contribution is -2.62. The lowest BCUT2D eigenvalue weighted by Gasteiger charge is -2.49. The van der Waals surface area contributed by atoms with Gasteiger partial charge < -0.3 is 28.4 Å². The molecule has 0 bridgehead atoms. The normalized spacial score (nSPS) is 23.6. The van der Waals surface area contributed by atoms with Gasteiger partial charge in [-0.2, -0.15) is 0 Å². The van der Waals surface area contributed by atoms with Gasteiger partial charge in [-0.1, -0.05) is 295 Å². The quantitative estimate of drug-likeness (QED) is 0.134. The van der Waals surface area contributed by atoms with Crippen LogP contribution in [0.4, 0.5) is 68.2 Å². The minimum Gasteiger partial charge on any atom is -0.472 e. The van der Waals surface area contributed by atoms with Crippen LogP contribution in [0.3, 0.4) is 0 Å². The van der Waals surface area contributed by atoms with Gasteiger partial charge in [0.05, 0.1) is 22.7 Å². The van der Waals surface area contributed by atoms with Crippen LogP contribution in [0, 0.1) is 13.8 Å². The van der Waals surface area contributed by atoms with E-state index in [1.165, 1.54) is 207 Å². The predicted molar refractivity (Wildman–Crippen MR) is 599 cm³/mol. The highest BCUT2D eigenvalue weighted by atomic mass is 16.3. The fourth-order valence-electron chi connectivity index (χ4n) is 30.5. The second kappa shape index (κ2) is 29.4. The van der Waals surface area contributed by atoms with Crippen molar-refractivity contribution in [3.05, 3.63) is 246 Å². The molecule has 9 aromatic carbocycles. The maximum absolute atomic E-state index is 8.37. The molecule has 0 amide bonds. The molecule has 23 rings (SSSR count). The Morgan fingerprint density at radius 2 is 0.614 bits per heavy atom. The number of benzene rings is 9. The lowest BCUT2D eigenvalue weighted by molar-refractivity contribution is 0.272. The van der Waals surface area contributed by atoms with Gasteiger partial charge >= 0.3 is 0 Å². The smallest absolute Gasteiger partial charge is 0.297 e. The Hall–Kier alpha value is -9.13. The molecular weight excluding hydrogens is 1700 g/mol. The molecule has 4 aliphatic heterocycles. The van der Waals surface area contributed by atoms with Gasteiger partial charge in [0, 0.05) is 78.8 Å². The summed E-state index contributed by atoms with van der Waals surface area (Å²) in [7, 11) is 0. The van der Waals surface area contributed by atoms with Crippen molar-refractivity contribution in [1.82, 2.24) is 0 Å². The lowest BCUT2D eigenvalue weighted by atomic mass is 9.34. The summed E-state index contributed by atoms with van der Waals surface area (Å²) in [5.41, 5.74) is 48.7. The highest BCUT2D eigenvalue weighted by Gasteiger charge is 2.59. The van der Waals surface area contributed by atoms with E-state index < -0.39 is 0 Å². The molecule has 0 saturated carbocycles. The highest BCUT2D eigenvalue weighted by Crippen LogP contribution is 2.65. The van der Waals surface area contributed by atoms with Crippen LogP contribution in [-0.4, -0.2) is 13.4 Å². The number of furan rings is 2. The minimum atomic E-state index is -0.373. The Kier molecular flexibility index (Phi) is 19.8. The van der Waals surface area contributed by atoms with E-state index in [1.54, 1.807) is 0 Å². The third-order valence-electron chi connectivity index (χ3n) is 41.1. The first-order valence-corrected chi connectivity index (χ1v) is 54.9. The van der Waals surface area contributed by atoms with E-state index in [4.69, 9.17) is 8.83 Å². The summed E-state index contributed by atoms with van der Waals surface area (Å²) in [6.45, 7) is 88.5. The Bertz CT molecular complexity index is 7160. The summed E-state index contributed by atoms with van der Waals surface area (Å²) in [6.07, 6.45) is 19.8. The van der Waals surface area contributed by atoms with Crippen molar-refractivity contribution in [1.29, 1.82) is 0 Å². The number of hydrogen-bond donors (Lipinski definition) is 0. The van der Waals surface area contributed by atoms with Crippen LogP contribution in [0.25, 0.3) is 11.1 Å². The average molecular weight is 1860 g/mol. The maximum Gasteiger partial charge on any atom is 0.297 e. The third kappa shape index (κ3) is 13.5. The summed E-state index contributed by atoms with van der Waals surface area (Å²) in [6, 6.07) is 59.5. The zero-order valence-electron chi connectivity index (χ0n) is 92.8. The van der Waals surface area contributed by atoms with E-state index >= 15 is 0 Å². The van der Waals surface area contributed by atoms with Gasteiger partial charge in [0.1, 0.15) is 11.5 Å².